The Morgan fingerprint density at radius 3 is 2.77 bits per heavy atom. The first kappa shape index (κ1) is 18.7. The zero-order valence-electron chi connectivity index (χ0n) is 14.5. The van der Waals surface area contributed by atoms with Gasteiger partial charge in [-0.25, -0.2) is 4.98 Å². The molecule has 0 saturated carbocycles. The van der Waals surface area contributed by atoms with Crippen molar-refractivity contribution >= 4 is 50.2 Å². The molecule has 0 atom stereocenters. The van der Waals surface area contributed by atoms with E-state index in [0.29, 0.717) is 22.6 Å². The number of carbonyl (C=O) groups excluding carboxylic acids is 1. The van der Waals surface area contributed by atoms with Crippen LogP contribution in [0.3, 0.4) is 0 Å². The number of benzene rings is 2. The van der Waals surface area contributed by atoms with Crippen LogP contribution in [0.15, 0.2) is 56.9 Å². The summed E-state index contributed by atoms with van der Waals surface area (Å²) in [5, 5.41) is 4.05. The largest absolute Gasteiger partial charge is 0.325 e. The Bertz CT molecular complexity index is 1030. The molecular weight excluding hydrogens is 414 g/mol. The minimum absolute atomic E-state index is 0.0789. The number of carbonyl (C=O) groups is 1. The quantitative estimate of drug-likeness (QED) is 0.485. The number of nitrogens with zero attached hydrogens (tertiary/aromatic N) is 2. The first-order chi connectivity index (χ1) is 12.5. The van der Waals surface area contributed by atoms with Gasteiger partial charge in [0.2, 0.25) is 5.91 Å². The van der Waals surface area contributed by atoms with Gasteiger partial charge < -0.3 is 5.32 Å². The van der Waals surface area contributed by atoms with Gasteiger partial charge in [-0.1, -0.05) is 39.8 Å². The highest BCUT2D eigenvalue weighted by molar-refractivity contribution is 9.10. The van der Waals surface area contributed by atoms with Crippen molar-refractivity contribution in [3.05, 3.63) is 62.9 Å². The molecule has 5 nitrogen and oxygen atoms in total. The fraction of sp³-hybridized carbons (Fsp3) is 0.211. The fourth-order valence-electron chi connectivity index (χ4n) is 2.62. The molecule has 7 heteroatoms. The SMILES string of the molecule is CCn1c(SCC(=O)Nc2ccc(Br)cc2C)nc2ccccc2c1=O. The van der Waals surface area contributed by atoms with Crippen LogP contribution in [-0.2, 0) is 11.3 Å². The van der Waals surface area contributed by atoms with Crippen LogP contribution in [0, 0.1) is 6.92 Å². The number of halogens is 1. The van der Waals surface area contributed by atoms with Gasteiger partial charge >= 0.3 is 0 Å². The smallest absolute Gasteiger partial charge is 0.262 e. The minimum Gasteiger partial charge on any atom is -0.325 e. The number of nitrogens with one attached hydrogen (secondary N) is 1. The summed E-state index contributed by atoms with van der Waals surface area (Å²) in [6.07, 6.45) is 0. The molecule has 1 aromatic heterocycles. The maximum atomic E-state index is 12.6. The lowest BCUT2D eigenvalue weighted by Crippen LogP contribution is -2.23. The number of hydrogen-bond acceptors (Lipinski definition) is 4. The first-order valence-electron chi connectivity index (χ1n) is 8.18. The second kappa shape index (κ2) is 8.05. The molecule has 26 heavy (non-hydrogen) atoms. The monoisotopic (exact) mass is 431 g/mol. The zero-order chi connectivity index (χ0) is 18.7. The summed E-state index contributed by atoms with van der Waals surface area (Å²) in [4.78, 5) is 29.5. The van der Waals surface area contributed by atoms with Crippen LogP contribution in [0.25, 0.3) is 10.9 Å². The Balaban J connectivity index is 1.78. The van der Waals surface area contributed by atoms with Gasteiger partial charge in [0.1, 0.15) is 0 Å². The van der Waals surface area contributed by atoms with E-state index in [1.165, 1.54) is 11.8 Å². The van der Waals surface area contributed by atoms with Gasteiger partial charge in [-0.3, -0.25) is 14.2 Å². The molecule has 3 aromatic rings. The van der Waals surface area contributed by atoms with Crippen molar-refractivity contribution in [3.8, 4) is 0 Å². The molecule has 134 valence electrons. The zero-order valence-corrected chi connectivity index (χ0v) is 16.9. The Morgan fingerprint density at radius 2 is 2.04 bits per heavy atom. The summed E-state index contributed by atoms with van der Waals surface area (Å²) in [7, 11) is 0. The number of rotatable bonds is 5. The van der Waals surface area contributed by atoms with Crippen molar-refractivity contribution in [2.75, 3.05) is 11.1 Å². The van der Waals surface area contributed by atoms with Crippen molar-refractivity contribution < 1.29 is 4.79 Å². The Labute approximate surface area is 164 Å². The predicted molar refractivity (Wildman–Crippen MR) is 110 cm³/mol. The van der Waals surface area contributed by atoms with Crippen molar-refractivity contribution in [1.29, 1.82) is 0 Å². The molecule has 0 aliphatic carbocycles. The van der Waals surface area contributed by atoms with E-state index in [4.69, 9.17) is 0 Å². The van der Waals surface area contributed by atoms with E-state index in [1.54, 1.807) is 10.6 Å². The van der Waals surface area contributed by atoms with Gasteiger partial charge in [0, 0.05) is 16.7 Å². The summed E-state index contributed by atoms with van der Waals surface area (Å²) < 4.78 is 2.57. The van der Waals surface area contributed by atoms with E-state index in [1.807, 2.05) is 50.2 Å². The molecule has 0 spiro atoms. The van der Waals surface area contributed by atoms with Crippen LogP contribution in [-0.4, -0.2) is 21.2 Å². The van der Waals surface area contributed by atoms with E-state index in [-0.39, 0.29) is 17.2 Å². The average Bonchev–Trinajstić information content (AvgIpc) is 2.62. The normalized spacial score (nSPS) is 10.9. The lowest BCUT2D eigenvalue weighted by Gasteiger charge is -2.12. The molecule has 0 bridgehead atoms. The second-order valence-corrected chi connectivity index (χ2v) is 7.62. The average molecular weight is 432 g/mol. The first-order valence-corrected chi connectivity index (χ1v) is 9.96. The molecule has 0 fully saturated rings. The van der Waals surface area contributed by atoms with E-state index in [2.05, 4.69) is 26.2 Å². The molecule has 0 radical (unpaired) electrons. The molecule has 0 aliphatic heterocycles. The highest BCUT2D eigenvalue weighted by atomic mass is 79.9. The van der Waals surface area contributed by atoms with Gasteiger partial charge in [-0.2, -0.15) is 0 Å². The van der Waals surface area contributed by atoms with E-state index >= 15 is 0 Å². The van der Waals surface area contributed by atoms with Gasteiger partial charge in [0.25, 0.3) is 5.56 Å². The summed E-state index contributed by atoms with van der Waals surface area (Å²) >= 11 is 4.68. The number of anilines is 1. The number of para-hydroxylation sites is 1. The summed E-state index contributed by atoms with van der Waals surface area (Å²) in [5.41, 5.74) is 2.32. The second-order valence-electron chi connectivity index (χ2n) is 5.76. The van der Waals surface area contributed by atoms with Crippen molar-refractivity contribution in [2.24, 2.45) is 0 Å². The third-order valence-corrected chi connectivity index (χ3v) is 5.41. The van der Waals surface area contributed by atoms with Crippen LogP contribution >= 0.6 is 27.7 Å². The van der Waals surface area contributed by atoms with E-state index in [0.717, 1.165) is 15.7 Å². The van der Waals surface area contributed by atoms with Crippen LogP contribution in [0.4, 0.5) is 5.69 Å². The number of fused-ring (bicyclic) bond motifs is 1. The lowest BCUT2D eigenvalue weighted by molar-refractivity contribution is -0.113. The summed E-state index contributed by atoms with van der Waals surface area (Å²) in [6, 6.07) is 12.9. The summed E-state index contributed by atoms with van der Waals surface area (Å²) in [5.74, 6) is 0.0470. The van der Waals surface area contributed by atoms with Gasteiger partial charge in [-0.15, -0.1) is 0 Å². The molecule has 2 aromatic carbocycles. The maximum absolute atomic E-state index is 12.6. The van der Waals surface area contributed by atoms with Crippen LogP contribution in [0.5, 0.6) is 0 Å². The topological polar surface area (TPSA) is 64.0 Å². The number of thioether (sulfide) groups is 1. The van der Waals surface area contributed by atoms with E-state index in [9.17, 15) is 9.59 Å². The van der Waals surface area contributed by atoms with Gasteiger partial charge in [0.05, 0.1) is 16.7 Å². The standard InChI is InChI=1S/C19H18BrN3O2S/c1-3-23-18(25)14-6-4-5-7-16(14)22-19(23)26-11-17(24)21-15-9-8-13(20)10-12(15)2/h4-10H,3,11H2,1-2H3,(H,21,24). The van der Waals surface area contributed by atoms with E-state index < -0.39 is 0 Å². The van der Waals surface area contributed by atoms with Gasteiger partial charge in [0.15, 0.2) is 5.16 Å². The molecule has 1 amide bonds. The van der Waals surface area contributed by atoms with Crippen LogP contribution in [0.2, 0.25) is 0 Å². The van der Waals surface area contributed by atoms with Crippen LogP contribution < -0.4 is 10.9 Å². The van der Waals surface area contributed by atoms with Crippen molar-refractivity contribution in [2.45, 2.75) is 25.5 Å². The van der Waals surface area contributed by atoms with Crippen LogP contribution in [0.1, 0.15) is 12.5 Å². The minimum atomic E-state index is -0.134. The Hall–Kier alpha value is -2.12. The highest BCUT2D eigenvalue weighted by Crippen LogP contribution is 2.21. The molecule has 1 heterocycles. The Morgan fingerprint density at radius 1 is 1.27 bits per heavy atom. The number of amides is 1. The highest BCUT2D eigenvalue weighted by Gasteiger charge is 2.12. The lowest BCUT2D eigenvalue weighted by atomic mass is 10.2. The number of aromatic nitrogens is 2. The molecular formula is C19H18BrN3O2S. The number of aryl methyl sites for hydroxylation is 1. The predicted octanol–water partition coefficient (Wildman–Crippen LogP) is 4.22. The van der Waals surface area contributed by atoms with Gasteiger partial charge in [-0.05, 0) is 49.7 Å². The molecule has 0 saturated heterocycles. The third kappa shape index (κ3) is 3.99. The maximum Gasteiger partial charge on any atom is 0.262 e. The molecule has 0 unspecified atom stereocenters. The molecule has 1 N–H and O–H groups in total. The number of hydrogen-bond donors (Lipinski definition) is 1. The molecule has 0 aliphatic rings. The molecule has 3 rings (SSSR count). The van der Waals surface area contributed by atoms with Crippen molar-refractivity contribution in [1.82, 2.24) is 9.55 Å². The Kier molecular flexibility index (Phi) is 5.78. The fourth-order valence-corrected chi connectivity index (χ4v) is 3.96. The van der Waals surface area contributed by atoms with Crippen molar-refractivity contribution in [3.63, 3.8) is 0 Å². The third-order valence-electron chi connectivity index (χ3n) is 3.94. The summed E-state index contributed by atoms with van der Waals surface area (Å²) in [6.45, 7) is 4.34.